The van der Waals surface area contributed by atoms with E-state index < -0.39 is 0 Å². The zero-order chi connectivity index (χ0) is 13.7. The second-order valence-electron chi connectivity index (χ2n) is 4.98. The maximum atomic E-state index is 6.22. The van der Waals surface area contributed by atoms with Crippen LogP contribution in [0.3, 0.4) is 0 Å². The van der Waals surface area contributed by atoms with Crippen LogP contribution in [-0.4, -0.2) is 25.4 Å². The summed E-state index contributed by atoms with van der Waals surface area (Å²) in [6.07, 6.45) is 3.26. The minimum atomic E-state index is -0.0789. The fraction of sp³-hybridized carbons (Fsp3) is 0.600. The Kier molecular flexibility index (Phi) is 5.82. The molecular formula is C15H22BrNO2. The Hall–Kier alpha value is -0.420. The van der Waals surface area contributed by atoms with Crippen LogP contribution in [0.1, 0.15) is 37.9 Å². The summed E-state index contributed by atoms with van der Waals surface area (Å²) < 4.78 is 12.7. The lowest BCUT2D eigenvalue weighted by molar-refractivity contribution is -0.0312. The molecule has 1 aromatic carbocycles. The van der Waals surface area contributed by atoms with Crippen molar-refractivity contribution in [3.8, 4) is 0 Å². The summed E-state index contributed by atoms with van der Waals surface area (Å²) in [6, 6.07) is 8.12. The first-order valence-electron chi connectivity index (χ1n) is 6.95. The van der Waals surface area contributed by atoms with Crippen LogP contribution >= 0.6 is 15.9 Å². The summed E-state index contributed by atoms with van der Waals surface area (Å²) >= 11 is 3.58. The Morgan fingerprint density at radius 2 is 2.26 bits per heavy atom. The van der Waals surface area contributed by atoms with Crippen molar-refractivity contribution in [2.24, 2.45) is 5.73 Å². The van der Waals surface area contributed by atoms with Gasteiger partial charge >= 0.3 is 0 Å². The molecule has 1 aromatic rings. The maximum Gasteiger partial charge on any atom is 0.0987 e. The monoisotopic (exact) mass is 327 g/mol. The van der Waals surface area contributed by atoms with Crippen LogP contribution in [0.15, 0.2) is 28.7 Å². The molecule has 3 nitrogen and oxygen atoms in total. The number of hydrogen-bond donors (Lipinski definition) is 1. The number of halogens is 1. The molecule has 1 heterocycles. The van der Waals surface area contributed by atoms with Gasteiger partial charge in [0.25, 0.3) is 0 Å². The molecule has 0 radical (unpaired) electrons. The van der Waals surface area contributed by atoms with Gasteiger partial charge in [0.2, 0.25) is 0 Å². The highest BCUT2D eigenvalue weighted by Crippen LogP contribution is 2.29. The molecule has 3 unspecified atom stereocenters. The molecular weight excluding hydrogens is 306 g/mol. The summed E-state index contributed by atoms with van der Waals surface area (Å²) in [5.74, 6) is 0. The standard InChI is InChI=1S/C15H22BrNO2/c1-2-14(17)15(12-7-3-4-8-13(12)16)19-10-11-6-5-9-18-11/h3-4,7-8,11,14-15H,2,5-6,9-10,17H2,1H3. The Labute approximate surface area is 123 Å². The van der Waals surface area contributed by atoms with E-state index in [-0.39, 0.29) is 18.2 Å². The average Bonchev–Trinajstić information content (AvgIpc) is 2.93. The van der Waals surface area contributed by atoms with Gasteiger partial charge in [-0.15, -0.1) is 0 Å². The van der Waals surface area contributed by atoms with E-state index in [0.29, 0.717) is 6.61 Å². The first-order valence-corrected chi connectivity index (χ1v) is 7.75. The molecule has 2 N–H and O–H groups in total. The van der Waals surface area contributed by atoms with Gasteiger partial charge in [0.05, 0.1) is 18.8 Å². The number of benzene rings is 1. The van der Waals surface area contributed by atoms with Crippen LogP contribution in [0.2, 0.25) is 0 Å². The summed E-state index contributed by atoms with van der Waals surface area (Å²) in [5, 5.41) is 0. The molecule has 1 saturated heterocycles. The highest BCUT2D eigenvalue weighted by Gasteiger charge is 2.24. The highest BCUT2D eigenvalue weighted by molar-refractivity contribution is 9.10. The number of ether oxygens (including phenoxy) is 2. The van der Waals surface area contributed by atoms with E-state index in [1.54, 1.807) is 0 Å². The van der Waals surface area contributed by atoms with E-state index in [9.17, 15) is 0 Å². The molecule has 1 aliphatic rings. The molecule has 1 aliphatic heterocycles. The third-order valence-electron chi connectivity index (χ3n) is 3.56. The molecule has 2 rings (SSSR count). The van der Waals surface area contributed by atoms with Crippen molar-refractivity contribution in [3.63, 3.8) is 0 Å². The van der Waals surface area contributed by atoms with Crippen molar-refractivity contribution < 1.29 is 9.47 Å². The summed E-state index contributed by atoms with van der Waals surface area (Å²) in [6.45, 7) is 3.57. The van der Waals surface area contributed by atoms with Gasteiger partial charge in [-0.2, -0.15) is 0 Å². The van der Waals surface area contributed by atoms with Gasteiger partial charge < -0.3 is 15.2 Å². The largest absolute Gasteiger partial charge is 0.376 e. The third-order valence-corrected chi connectivity index (χ3v) is 4.28. The van der Waals surface area contributed by atoms with Gasteiger partial charge in [0.1, 0.15) is 0 Å². The Balaban J connectivity index is 2.05. The number of hydrogen-bond acceptors (Lipinski definition) is 3. The lowest BCUT2D eigenvalue weighted by Crippen LogP contribution is -2.31. The van der Waals surface area contributed by atoms with E-state index in [2.05, 4.69) is 28.9 Å². The van der Waals surface area contributed by atoms with Gasteiger partial charge in [0, 0.05) is 17.1 Å². The number of nitrogens with two attached hydrogens (primary N) is 1. The molecule has 106 valence electrons. The Morgan fingerprint density at radius 3 is 2.89 bits per heavy atom. The topological polar surface area (TPSA) is 44.5 Å². The first-order chi connectivity index (χ1) is 9.22. The van der Waals surface area contributed by atoms with E-state index in [0.717, 1.165) is 35.9 Å². The molecule has 0 saturated carbocycles. The molecule has 1 fully saturated rings. The zero-order valence-electron chi connectivity index (χ0n) is 11.3. The molecule has 0 amide bonds. The fourth-order valence-electron chi connectivity index (χ4n) is 2.35. The first kappa shape index (κ1) is 15.0. The minimum absolute atomic E-state index is 0.0000954. The van der Waals surface area contributed by atoms with E-state index in [1.807, 2.05) is 18.2 Å². The van der Waals surface area contributed by atoms with Crippen LogP contribution in [-0.2, 0) is 9.47 Å². The van der Waals surface area contributed by atoms with Gasteiger partial charge in [-0.05, 0) is 30.9 Å². The minimum Gasteiger partial charge on any atom is -0.376 e. The lowest BCUT2D eigenvalue weighted by Gasteiger charge is -2.26. The molecule has 19 heavy (non-hydrogen) atoms. The normalized spacial score (nSPS) is 22.4. The SMILES string of the molecule is CCC(N)C(OCC1CCCO1)c1ccccc1Br. The second kappa shape index (κ2) is 7.39. The van der Waals surface area contributed by atoms with E-state index in [4.69, 9.17) is 15.2 Å². The molecule has 0 spiro atoms. The Morgan fingerprint density at radius 1 is 1.47 bits per heavy atom. The van der Waals surface area contributed by atoms with Crippen LogP contribution in [0.5, 0.6) is 0 Å². The van der Waals surface area contributed by atoms with Gasteiger partial charge in [-0.25, -0.2) is 0 Å². The van der Waals surface area contributed by atoms with E-state index in [1.165, 1.54) is 0 Å². The van der Waals surface area contributed by atoms with Gasteiger partial charge in [-0.3, -0.25) is 0 Å². The van der Waals surface area contributed by atoms with Crippen LogP contribution in [0.25, 0.3) is 0 Å². The van der Waals surface area contributed by atoms with Crippen molar-refractivity contribution in [3.05, 3.63) is 34.3 Å². The van der Waals surface area contributed by atoms with Crippen molar-refractivity contribution in [1.82, 2.24) is 0 Å². The van der Waals surface area contributed by atoms with Crippen LogP contribution in [0, 0.1) is 0 Å². The fourth-order valence-corrected chi connectivity index (χ4v) is 2.86. The predicted octanol–water partition coefficient (Wildman–Crippen LogP) is 3.42. The highest BCUT2D eigenvalue weighted by atomic mass is 79.9. The zero-order valence-corrected chi connectivity index (χ0v) is 12.9. The lowest BCUT2D eigenvalue weighted by atomic mass is 10.0. The molecule has 0 bridgehead atoms. The Bertz CT molecular complexity index is 393. The predicted molar refractivity (Wildman–Crippen MR) is 80.1 cm³/mol. The van der Waals surface area contributed by atoms with Crippen molar-refractivity contribution in [2.75, 3.05) is 13.2 Å². The quantitative estimate of drug-likeness (QED) is 0.870. The molecule has 3 atom stereocenters. The maximum absolute atomic E-state index is 6.22. The number of rotatable bonds is 6. The van der Waals surface area contributed by atoms with Crippen LogP contribution in [0.4, 0.5) is 0 Å². The molecule has 4 heteroatoms. The molecule has 0 aromatic heterocycles. The molecule has 0 aliphatic carbocycles. The van der Waals surface area contributed by atoms with Gasteiger partial charge in [0.15, 0.2) is 0 Å². The summed E-state index contributed by atoms with van der Waals surface area (Å²) in [7, 11) is 0. The van der Waals surface area contributed by atoms with Crippen molar-refractivity contribution in [2.45, 2.75) is 44.4 Å². The smallest absolute Gasteiger partial charge is 0.0987 e. The van der Waals surface area contributed by atoms with E-state index >= 15 is 0 Å². The summed E-state index contributed by atoms with van der Waals surface area (Å²) in [4.78, 5) is 0. The van der Waals surface area contributed by atoms with Crippen LogP contribution < -0.4 is 5.73 Å². The average molecular weight is 328 g/mol. The second-order valence-corrected chi connectivity index (χ2v) is 5.84. The summed E-state index contributed by atoms with van der Waals surface area (Å²) in [5.41, 5.74) is 7.34. The van der Waals surface area contributed by atoms with Crippen molar-refractivity contribution >= 4 is 15.9 Å². The third kappa shape index (κ3) is 4.02. The van der Waals surface area contributed by atoms with Crippen molar-refractivity contribution in [1.29, 1.82) is 0 Å². The van der Waals surface area contributed by atoms with Gasteiger partial charge in [-0.1, -0.05) is 41.1 Å².